The molecule has 1 fully saturated rings. The standard InChI is InChI=1S/C26H47BrO2/c1-2-18-26(27)24(23-28)19-14-11-9-7-5-3-4-6-8-10-12-17-22-29-25-20-15-13-16-21-25/h13,24-26H,2-12,14-22H2,1H3. The first-order valence-electron chi connectivity index (χ1n) is 12.7. The highest BCUT2D eigenvalue weighted by Crippen LogP contribution is 2.23. The van der Waals surface area contributed by atoms with Gasteiger partial charge in [0.05, 0.1) is 6.10 Å². The van der Waals surface area contributed by atoms with Crippen molar-refractivity contribution in [2.45, 2.75) is 140 Å². The van der Waals surface area contributed by atoms with E-state index in [4.69, 9.17) is 4.74 Å². The molecule has 170 valence electrons. The van der Waals surface area contributed by atoms with E-state index in [9.17, 15) is 4.79 Å². The van der Waals surface area contributed by atoms with Crippen molar-refractivity contribution in [3.63, 3.8) is 0 Å². The van der Waals surface area contributed by atoms with Crippen molar-refractivity contribution in [2.75, 3.05) is 6.61 Å². The molecule has 1 rings (SSSR count). The van der Waals surface area contributed by atoms with Crippen LogP contribution >= 0.6 is 15.9 Å². The maximum Gasteiger partial charge on any atom is 0.202 e. The van der Waals surface area contributed by atoms with Crippen molar-refractivity contribution >= 4 is 22.2 Å². The van der Waals surface area contributed by atoms with Crippen LogP contribution < -0.4 is 0 Å². The Hall–Kier alpha value is 0.110. The van der Waals surface area contributed by atoms with Gasteiger partial charge in [0.25, 0.3) is 0 Å². The fourth-order valence-corrected chi connectivity index (χ4v) is 5.17. The Morgan fingerprint density at radius 2 is 1.38 bits per heavy atom. The lowest BCUT2D eigenvalue weighted by Crippen LogP contribution is -2.17. The molecule has 0 amide bonds. The zero-order chi connectivity index (χ0) is 21.0. The van der Waals surface area contributed by atoms with Crippen LogP contribution in [0.25, 0.3) is 0 Å². The predicted molar refractivity (Wildman–Crippen MR) is 129 cm³/mol. The number of unbranched alkanes of at least 4 members (excludes halogenated alkanes) is 11. The second-order valence-electron chi connectivity index (χ2n) is 9.00. The van der Waals surface area contributed by atoms with Crippen LogP contribution in [0.3, 0.4) is 0 Å². The zero-order valence-electron chi connectivity index (χ0n) is 19.1. The normalized spacial score (nSPS) is 17.3. The molecule has 1 aliphatic rings. The molecule has 2 unspecified atom stereocenters. The van der Waals surface area contributed by atoms with Gasteiger partial charge in [0.2, 0.25) is 6.29 Å². The Balaban J connectivity index is 1.76. The molecule has 0 aliphatic heterocycles. The van der Waals surface area contributed by atoms with Gasteiger partial charge in [0.1, 0.15) is 0 Å². The molecule has 1 aliphatic carbocycles. The number of rotatable bonds is 20. The SMILES string of the molecule is CCCC(Br)C([C]=O)CCCCCCCCCCCCCCOC1CC[CH]CC1. The van der Waals surface area contributed by atoms with Crippen LogP contribution in [0.5, 0.6) is 0 Å². The molecule has 0 heterocycles. The molecule has 0 aromatic carbocycles. The molecule has 2 radical (unpaired) electrons. The highest BCUT2D eigenvalue weighted by molar-refractivity contribution is 9.09. The van der Waals surface area contributed by atoms with E-state index in [0.29, 0.717) is 10.9 Å². The summed E-state index contributed by atoms with van der Waals surface area (Å²) in [6.07, 6.45) is 29.5. The topological polar surface area (TPSA) is 26.3 Å². The van der Waals surface area contributed by atoms with E-state index in [1.165, 1.54) is 103 Å². The van der Waals surface area contributed by atoms with Crippen molar-refractivity contribution in [3.05, 3.63) is 6.42 Å². The first-order valence-corrected chi connectivity index (χ1v) is 13.6. The first kappa shape index (κ1) is 27.1. The van der Waals surface area contributed by atoms with Crippen LogP contribution in [-0.4, -0.2) is 23.8 Å². The summed E-state index contributed by atoms with van der Waals surface area (Å²) in [6.45, 7) is 3.15. The van der Waals surface area contributed by atoms with Gasteiger partial charge in [-0.05, 0) is 51.4 Å². The molecular formula is C26H47BrO2. The first-order chi connectivity index (χ1) is 14.3. The van der Waals surface area contributed by atoms with Crippen LogP contribution in [0.15, 0.2) is 0 Å². The molecule has 0 bridgehead atoms. The van der Waals surface area contributed by atoms with Gasteiger partial charge < -0.3 is 4.74 Å². The summed E-state index contributed by atoms with van der Waals surface area (Å²) in [5.74, 6) is 0.0902. The largest absolute Gasteiger partial charge is 0.378 e. The number of halogens is 1. The fourth-order valence-electron chi connectivity index (χ4n) is 4.34. The Morgan fingerprint density at radius 1 is 0.862 bits per heavy atom. The minimum absolute atomic E-state index is 0.0902. The van der Waals surface area contributed by atoms with Gasteiger partial charge in [0.15, 0.2) is 0 Å². The summed E-state index contributed by atoms with van der Waals surface area (Å²) >= 11 is 3.65. The van der Waals surface area contributed by atoms with Crippen molar-refractivity contribution in [1.29, 1.82) is 0 Å². The molecule has 1 saturated carbocycles. The van der Waals surface area contributed by atoms with Gasteiger partial charge in [0, 0.05) is 17.4 Å². The molecule has 29 heavy (non-hydrogen) atoms. The molecule has 0 saturated heterocycles. The molecule has 0 aromatic rings. The van der Waals surface area contributed by atoms with Crippen LogP contribution in [-0.2, 0) is 9.53 Å². The maximum absolute atomic E-state index is 11.1. The Kier molecular flexibility index (Phi) is 18.8. The van der Waals surface area contributed by atoms with E-state index >= 15 is 0 Å². The average molecular weight is 472 g/mol. The number of carbonyl (C=O) groups excluding carboxylic acids is 1. The van der Waals surface area contributed by atoms with Crippen LogP contribution in [0.2, 0.25) is 0 Å². The quantitative estimate of drug-likeness (QED) is 0.131. The summed E-state index contributed by atoms with van der Waals surface area (Å²) in [6, 6.07) is 0. The number of hydrogen-bond donors (Lipinski definition) is 0. The molecular weight excluding hydrogens is 424 g/mol. The average Bonchev–Trinajstić information content (AvgIpc) is 2.74. The van der Waals surface area contributed by atoms with Crippen molar-refractivity contribution in [1.82, 2.24) is 0 Å². The third-order valence-electron chi connectivity index (χ3n) is 6.30. The van der Waals surface area contributed by atoms with Gasteiger partial charge in [-0.1, -0.05) is 99.9 Å². The monoisotopic (exact) mass is 470 g/mol. The van der Waals surface area contributed by atoms with E-state index in [1.807, 2.05) is 0 Å². The second kappa shape index (κ2) is 20.0. The van der Waals surface area contributed by atoms with Gasteiger partial charge in [-0.2, -0.15) is 0 Å². The third-order valence-corrected chi connectivity index (χ3v) is 7.40. The minimum Gasteiger partial charge on any atom is -0.378 e. The van der Waals surface area contributed by atoms with Gasteiger partial charge >= 0.3 is 0 Å². The van der Waals surface area contributed by atoms with Gasteiger partial charge in [-0.25, -0.2) is 0 Å². The molecule has 0 aromatic heterocycles. The molecule has 2 atom stereocenters. The molecule has 0 N–H and O–H groups in total. The molecule has 0 spiro atoms. The maximum atomic E-state index is 11.1. The van der Waals surface area contributed by atoms with E-state index in [0.717, 1.165) is 25.9 Å². The lowest BCUT2D eigenvalue weighted by atomic mass is 9.96. The van der Waals surface area contributed by atoms with Crippen LogP contribution in [0, 0.1) is 12.3 Å². The lowest BCUT2D eigenvalue weighted by molar-refractivity contribution is 0.0326. The Bertz CT molecular complexity index is 355. The van der Waals surface area contributed by atoms with E-state index in [1.54, 1.807) is 0 Å². The van der Waals surface area contributed by atoms with E-state index in [-0.39, 0.29) is 5.92 Å². The number of alkyl halides is 1. The summed E-state index contributed by atoms with van der Waals surface area (Å²) in [4.78, 5) is 11.4. The van der Waals surface area contributed by atoms with Crippen molar-refractivity contribution in [2.24, 2.45) is 5.92 Å². The van der Waals surface area contributed by atoms with Crippen molar-refractivity contribution < 1.29 is 9.53 Å². The lowest BCUT2D eigenvalue weighted by Gasteiger charge is -2.21. The molecule has 2 nitrogen and oxygen atoms in total. The molecule has 3 heteroatoms. The fraction of sp³-hybridized carbons (Fsp3) is 0.923. The predicted octanol–water partition coefficient (Wildman–Crippen LogP) is 8.51. The smallest absolute Gasteiger partial charge is 0.202 e. The van der Waals surface area contributed by atoms with Gasteiger partial charge in [-0.15, -0.1) is 0 Å². The zero-order valence-corrected chi connectivity index (χ0v) is 20.7. The van der Waals surface area contributed by atoms with Crippen LogP contribution in [0.4, 0.5) is 0 Å². The highest BCUT2D eigenvalue weighted by Gasteiger charge is 2.17. The van der Waals surface area contributed by atoms with E-state index < -0.39 is 0 Å². The summed E-state index contributed by atoms with van der Waals surface area (Å²) in [5.41, 5.74) is 0. The second-order valence-corrected chi connectivity index (χ2v) is 10.2. The summed E-state index contributed by atoms with van der Waals surface area (Å²) in [5, 5.41) is 0. The summed E-state index contributed by atoms with van der Waals surface area (Å²) in [7, 11) is 0. The number of ether oxygens (including phenoxy) is 1. The summed E-state index contributed by atoms with van der Waals surface area (Å²) < 4.78 is 5.98. The number of hydrogen-bond acceptors (Lipinski definition) is 2. The third kappa shape index (κ3) is 15.5. The van der Waals surface area contributed by atoms with Gasteiger partial charge in [-0.3, -0.25) is 4.79 Å². The van der Waals surface area contributed by atoms with Crippen LogP contribution in [0.1, 0.15) is 129 Å². The Morgan fingerprint density at radius 3 is 1.90 bits per heavy atom. The van der Waals surface area contributed by atoms with Crippen molar-refractivity contribution in [3.8, 4) is 0 Å². The highest BCUT2D eigenvalue weighted by atomic mass is 79.9. The van der Waals surface area contributed by atoms with E-state index in [2.05, 4.69) is 35.6 Å². The minimum atomic E-state index is 0.0902. The Labute approximate surface area is 190 Å².